The fourth-order valence-electron chi connectivity index (χ4n) is 3.06. The van der Waals surface area contributed by atoms with Gasteiger partial charge in [0.25, 0.3) is 0 Å². The Morgan fingerprint density at radius 3 is 2.59 bits per heavy atom. The summed E-state index contributed by atoms with van der Waals surface area (Å²) in [6, 6.07) is 12.5. The lowest BCUT2D eigenvalue weighted by molar-refractivity contribution is 0.447. The fourth-order valence-corrected chi connectivity index (χ4v) is 4.40. The van der Waals surface area contributed by atoms with E-state index in [-0.39, 0.29) is 0 Å². The van der Waals surface area contributed by atoms with E-state index in [1.54, 1.807) is 17.5 Å². The molecule has 1 N–H and O–H groups in total. The molecule has 0 atom stereocenters. The van der Waals surface area contributed by atoms with Crippen LogP contribution in [0.15, 0.2) is 53.9 Å². The minimum absolute atomic E-state index is 0.571. The van der Waals surface area contributed by atoms with E-state index in [1.165, 1.54) is 16.0 Å². The van der Waals surface area contributed by atoms with Crippen LogP contribution in [0.1, 0.15) is 32.7 Å². The molecule has 0 amide bonds. The molecule has 3 aromatic rings. The van der Waals surface area contributed by atoms with Crippen LogP contribution >= 0.6 is 23.6 Å². The minimum atomic E-state index is 0.571. The largest absolute Gasteiger partial charge is 0.322 e. The van der Waals surface area contributed by atoms with E-state index >= 15 is 0 Å². The van der Waals surface area contributed by atoms with Crippen LogP contribution in [0.4, 0.5) is 5.00 Å². The monoisotopic (exact) mass is 392 g/mol. The summed E-state index contributed by atoms with van der Waals surface area (Å²) in [7, 11) is 0. The van der Waals surface area contributed by atoms with Crippen molar-refractivity contribution in [1.29, 1.82) is 0 Å². The van der Waals surface area contributed by atoms with Gasteiger partial charge in [-0.05, 0) is 50.2 Å². The Kier molecular flexibility index (Phi) is 4.76. The van der Waals surface area contributed by atoms with Gasteiger partial charge in [0.05, 0.1) is 6.54 Å². The number of aromatic nitrogens is 1. The summed E-state index contributed by atoms with van der Waals surface area (Å²) in [5.74, 6) is 0. The molecule has 1 aliphatic heterocycles. The minimum Gasteiger partial charge on any atom is -0.322 e. The van der Waals surface area contributed by atoms with Gasteiger partial charge in [-0.3, -0.25) is 4.98 Å². The predicted octanol–water partition coefficient (Wildman–Crippen LogP) is 5.03. The molecule has 27 heavy (non-hydrogen) atoms. The number of thiocarbonyl (C=S) groups is 1. The number of thiophene rings is 1. The molecule has 4 rings (SSSR count). The Morgan fingerprint density at radius 2 is 1.89 bits per heavy atom. The molecule has 4 nitrogen and oxygen atoms in total. The first-order valence-corrected chi connectivity index (χ1v) is 9.99. The van der Waals surface area contributed by atoms with Crippen molar-refractivity contribution in [3.8, 4) is 0 Å². The van der Waals surface area contributed by atoms with E-state index in [0.717, 1.165) is 27.4 Å². The number of aryl methyl sites for hydroxylation is 2. The van der Waals surface area contributed by atoms with Crippen molar-refractivity contribution in [2.75, 3.05) is 5.32 Å². The number of fused-ring (bicyclic) bond motifs is 1. The van der Waals surface area contributed by atoms with E-state index in [0.29, 0.717) is 11.7 Å². The molecule has 2 aromatic heterocycles. The molecule has 3 heterocycles. The molecule has 0 spiro atoms. The van der Waals surface area contributed by atoms with Crippen molar-refractivity contribution >= 4 is 39.4 Å². The number of hydrazone groups is 1. The first kappa shape index (κ1) is 17.8. The summed E-state index contributed by atoms with van der Waals surface area (Å²) in [6.07, 6.45) is 3.62. The highest BCUT2D eigenvalue weighted by molar-refractivity contribution is 7.80. The maximum atomic E-state index is 5.66. The molecule has 0 bridgehead atoms. The van der Waals surface area contributed by atoms with Crippen LogP contribution in [-0.4, -0.2) is 20.8 Å². The molecular weight excluding hydrogens is 372 g/mol. The summed E-state index contributed by atoms with van der Waals surface area (Å²) >= 11 is 7.38. The lowest BCUT2D eigenvalue weighted by Gasteiger charge is -2.19. The lowest BCUT2D eigenvalue weighted by atomic mass is 9.99. The molecule has 0 fully saturated rings. The van der Waals surface area contributed by atoms with Crippen LogP contribution in [0.2, 0.25) is 0 Å². The lowest BCUT2D eigenvalue weighted by Crippen LogP contribution is -2.29. The van der Waals surface area contributed by atoms with Crippen molar-refractivity contribution < 1.29 is 0 Å². The average molecular weight is 393 g/mol. The Hall–Kier alpha value is -2.57. The van der Waals surface area contributed by atoms with Gasteiger partial charge >= 0.3 is 0 Å². The molecule has 6 heteroatoms. The summed E-state index contributed by atoms with van der Waals surface area (Å²) < 4.78 is 0. The number of hydrogen-bond acceptors (Lipinski definition) is 4. The second-order valence-corrected chi connectivity index (χ2v) is 8.26. The van der Waals surface area contributed by atoms with Gasteiger partial charge in [-0.2, -0.15) is 5.10 Å². The molecule has 0 aliphatic carbocycles. The summed E-state index contributed by atoms with van der Waals surface area (Å²) in [4.78, 5) is 5.48. The summed E-state index contributed by atoms with van der Waals surface area (Å²) in [5, 5.41) is 11.9. The van der Waals surface area contributed by atoms with Gasteiger partial charge in [-0.25, -0.2) is 5.01 Å². The number of pyridine rings is 1. The van der Waals surface area contributed by atoms with Crippen LogP contribution in [0.5, 0.6) is 0 Å². The third kappa shape index (κ3) is 3.50. The highest BCUT2D eigenvalue weighted by atomic mass is 32.1. The smallest absolute Gasteiger partial charge is 0.195 e. The fraction of sp³-hybridized carbons (Fsp3) is 0.190. The SMILES string of the molecule is Cc1ccc(C2=NN(Cc3cccnc3)C(=S)Nc3sc(C)c(C)c32)cc1. The van der Waals surface area contributed by atoms with Crippen LogP contribution in [0.25, 0.3) is 0 Å². The zero-order valence-electron chi connectivity index (χ0n) is 15.5. The van der Waals surface area contributed by atoms with Crippen LogP contribution in [0.3, 0.4) is 0 Å². The quantitative estimate of drug-likeness (QED) is 0.635. The van der Waals surface area contributed by atoms with E-state index in [4.69, 9.17) is 17.3 Å². The topological polar surface area (TPSA) is 40.5 Å². The Labute approximate surface area is 168 Å². The maximum Gasteiger partial charge on any atom is 0.195 e. The van der Waals surface area contributed by atoms with Gasteiger partial charge in [0.15, 0.2) is 5.11 Å². The molecule has 136 valence electrons. The molecule has 0 unspecified atom stereocenters. The second-order valence-electron chi connectivity index (χ2n) is 6.65. The van der Waals surface area contributed by atoms with Crippen molar-refractivity contribution in [2.24, 2.45) is 5.10 Å². The first-order chi connectivity index (χ1) is 13.0. The van der Waals surface area contributed by atoms with Gasteiger partial charge < -0.3 is 5.32 Å². The normalized spacial score (nSPS) is 13.7. The number of rotatable bonds is 3. The summed E-state index contributed by atoms with van der Waals surface area (Å²) in [5.41, 5.74) is 6.71. The van der Waals surface area contributed by atoms with Gasteiger partial charge in [0, 0.05) is 28.4 Å². The van der Waals surface area contributed by atoms with Crippen LogP contribution in [0, 0.1) is 20.8 Å². The third-order valence-corrected chi connectivity index (χ3v) is 6.11. The number of nitrogens with zero attached hydrogens (tertiary/aromatic N) is 3. The predicted molar refractivity (Wildman–Crippen MR) is 117 cm³/mol. The van der Waals surface area contributed by atoms with Gasteiger partial charge in [-0.15, -0.1) is 11.3 Å². The van der Waals surface area contributed by atoms with E-state index < -0.39 is 0 Å². The van der Waals surface area contributed by atoms with E-state index in [1.807, 2.05) is 23.3 Å². The zero-order valence-corrected chi connectivity index (χ0v) is 17.1. The Morgan fingerprint density at radius 1 is 1.11 bits per heavy atom. The second kappa shape index (κ2) is 7.21. The van der Waals surface area contributed by atoms with Crippen molar-refractivity contribution in [1.82, 2.24) is 9.99 Å². The summed E-state index contributed by atoms with van der Waals surface area (Å²) in [6.45, 7) is 6.95. The highest BCUT2D eigenvalue weighted by Crippen LogP contribution is 2.36. The molecule has 0 saturated carbocycles. The first-order valence-electron chi connectivity index (χ1n) is 8.76. The molecule has 0 saturated heterocycles. The van der Waals surface area contributed by atoms with Gasteiger partial charge in [0.2, 0.25) is 0 Å². The average Bonchev–Trinajstić information content (AvgIpc) is 2.86. The van der Waals surface area contributed by atoms with E-state index in [2.05, 4.69) is 55.3 Å². The number of anilines is 1. The standard InChI is InChI=1S/C21H20N4S2/c1-13-6-8-17(9-7-13)19-18-14(2)15(3)27-20(18)23-21(26)25(24-19)12-16-5-4-10-22-11-16/h4-11H,12H2,1-3H3,(H,23,26). The Bertz CT molecular complexity index is 1020. The zero-order chi connectivity index (χ0) is 19.0. The van der Waals surface area contributed by atoms with Crippen LogP contribution < -0.4 is 5.32 Å². The van der Waals surface area contributed by atoms with Crippen LogP contribution in [-0.2, 0) is 6.54 Å². The molecule has 0 radical (unpaired) electrons. The van der Waals surface area contributed by atoms with Gasteiger partial charge in [-0.1, -0.05) is 35.9 Å². The third-order valence-electron chi connectivity index (χ3n) is 4.68. The number of nitrogens with one attached hydrogen (secondary N) is 1. The number of benzene rings is 1. The highest BCUT2D eigenvalue weighted by Gasteiger charge is 2.26. The van der Waals surface area contributed by atoms with E-state index in [9.17, 15) is 0 Å². The Balaban J connectivity index is 1.84. The van der Waals surface area contributed by atoms with Crippen molar-refractivity contribution in [2.45, 2.75) is 27.3 Å². The van der Waals surface area contributed by atoms with Crippen molar-refractivity contribution in [3.63, 3.8) is 0 Å². The molecule has 1 aliphatic rings. The van der Waals surface area contributed by atoms with Gasteiger partial charge in [0.1, 0.15) is 10.7 Å². The van der Waals surface area contributed by atoms with Crippen molar-refractivity contribution in [3.05, 3.63) is 81.5 Å². The molecular formula is C21H20N4S2. The maximum absolute atomic E-state index is 5.66. The number of hydrogen-bond donors (Lipinski definition) is 1. The molecule has 1 aromatic carbocycles.